The second kappa shape index (κ2) is 6.12. The average Bonchev–Trinajstić information content (AvgIpc) is 2.81. The first-order valence-corrected chi connectivity index (χ1v) is 9.13. The summed E-state index contributed by atoms with van der Waals surface area (Å²) in [7, 11) is 0. The number of rotatable bonds is 3. The maximum Gasteiger partial charge on any atom is 0.0629 e. The van der Waals surface area contributed by atoms with Gasteiger partial charge in [-0.1, -0.05) is 18.2 Å². The fourth-order valence-electron chi connectivity index (χ4n) is 2.49. The van der Waals surface area contributed by atoms with Crippen molar-refractivity contribution in [2.75, 3.05) is 17.6 Å². The van der Waals surface area contributed by atoms with Crippen molar-refractivity contribution >= 4 is 49.3 Å². The van der Waals surface area contributed by atoms with Gasteiger partial charge in [-0.3, -0.25) is 0 Å². The smallest absolute Gasteiger partial charge is 0.0629 e. The molecule has 0 saturated heterocycles. The topological polar surface area (TPSA) is 12.0 Å². The Morgan fingerprint density at radius 2 is 1.90 bits per heavy atom. The zero-order valence-electron chi connectivity index (χ0n) is 11.1. The minimum atomic E-state index is 0.580. The van der Waals surface area contributed by atoms with E-state index in [1.54, 1.807) is 0 Å². The van der Waals surface area contributed by atoms with E-state index in [1.165, 1.54) is 16.0 Å². The number of halogens is 2. The lowest BCUT2D eigenvalue weighted by Crippen LogP contribution is -2.13. The molecule has 0 saturated carbocycles. The Morgan fingerprint density at radius 3 is 2.65 bits per heavy atom. The number of benzene rings is 2. The third-order valence-electron chi connectivity index (χ3n) is 3.51. The summed E-state index contributed by atoms with van der Waals surface area (Å²) >= 11 is 9.24. The lowest BCUT2D eigenvalue weighted by molar-refractivity contribution is 0.818. The van der Waals surface area contributed by atoms with Gasteiger partial charge in [-0.05, 0) is 68.1 Å². The molecule has 2 aromatic carbocycles. The van der Waals surface area contributed by atoms with Crippen LogP contribution in [-0.4, -0.2) is 12.3 Å². The zero-order chi connectivity index (χ0) is 14.1. The molecular weight excluding hydrogens is 398 g/mol. The molecular formula is C16H15Br2NS. The molecule has 1 aliphatic heterocycles. The van der Waals surface area contributed by atoms with E-state index in [-0.39, 0.29) is 0 Å². The quantitative estimate of drug-likeness (QED) is 0.681. The molecule has 0 amide bonds. The Hall–Kier alpha value is -0.450. The van der Waals surface area contributed by atoms with E-state index in [0.717, 1.165) is 26.9 Å². The van der Waals surface area contributed by atoms with Crippen molar-refractivity contribution < 1.29 is 0 Å². The highest BCUT2D eigenvalue weighted by Gasteiger charge is 2.22. The van der Waals surface area contributed by atoms with Crippen LogP contribution in [0.4, 0.5) is 5.69 Å². The minimum Gasteiger partial charge on any atom is -0.383 e. The van der Waals surface area contributed by atoms with Gasteiger partial charge in [-0.25, -0.2) is 0 Å². The predicted molar refractivity (Wildman–Crippen MR) is 95.0 cm³/mol. The van der Waals surface area contributed by atoms with Crippen molar-refractivity contribution in [3.63, 3.8) is 0 Å². The van der Waals surface area contributed by atoms with Crippen molar-refractivity contribution in [3.05, 3.63) is 56.5 Å². The molecule has 0 bridgehead atoms. The number of aryl methyl sites for hydroxylation is 1. The largest absolute Gasteiger partial charge is 0.383 e. The first kappa shape index (κ1) is 14.5. The number of anilines is 1. The summed E-state index contributed by atoms with van der Waals surface area (Å²) < 4.78 is 2.23. The Kier molecular flexibility index (Phi) is 4.43. The Morgan fingerprint density at radius 1 is 1.20 bits per heavy atom. The molecule has 1 unspecified atom stereocenters. The number of nitrogens with one attached hydrogen (secondary N) is 1. The molecule has 3 rings (SSSR count). The summed E-state index contributed by atoms with van der Waals surface area (Å²) in [6.07, 6.45) is 0. The molecule has 1 N–H and O–H groups in total. The highest BCUT2D eigenvalue weighted by molar-refractivity contribution is 9.11. The van der Waals surface area contributed by atoms with Crippen molar-refractivity contribution in [2.45, 2.75) is 17.7 Å². The van der Waals surface area contributed by atoms with E-state index in [9.17, 15) is 0 Å². The molecule has 1 atom stereocenters. The van der Waals surface area contributed by atoms with Crippen LogP contribution in [0.15, 0.2) is 50.2 Å². The summed E-state index contributed by atoms with van der Waals surface area (Å²) in [5, 5.41) is 3.58. The molecule has 1 aliphatic rings. The van der Waals surface area contributed by atoms with Crippen LogP contribution in [0.3, 0.4) is 0 Å². The van der Waals surface area contributed by atoms with Crippen LogP contribution in [-0.2, 0) is 0 Å². The lowest BCUT2D eigenvalue weighted by Gasteiger charge is -2.16. The van der Waals surface area contributed by atoms with E-state index in [2.05, 4.69) is 80.5 Å². The Balaban J connectivity index is 1.76. The lowest BCUT2D eigenvalue weighted by atomic mass is 10.0. The average molecular weight is 413 g/mol. The number of hydrogen-bond donors (Lipinski definition) is 1. The molecule has 0 fully saturated rings. The van der Waals surface area contributed by atoms with Gasteiger partial charge in [0.25, 0.3) is 0 Å². The summed E-state index contributed by atoms with van der Waals surface area (Å²) in [6, 6.07) is 13.0. The molecule has 1 heterocycles. The first-order valence-electron chi connectivity index (χ1n) is 6.56. The Labute approximate surface area is 140 Å². The van der Waals surface area contributed by atoms with Gasteiger partial charge in [-0.15, -0.1) is 11.8 Å². The van der Waals surface area contributed by atoms with Gasteiger partial charge in [0.1, 0.15) is 0 Å². The molecule has 0 spiro atoms. The van der Waals surface area contributed by atoms with Gasteiger partial charge in [-0.2, -0.15) is 0 Å². The fourth-order valence-corrected chi connectivity index (χ4v) is 5.44. The van der Waals surface area contributed by atoms with E-state index >= 15 is 0 Å². The first-order chi connectivity index (χ1) is 9.65. The fraction of sp³-hybridized carbons (Fsp3) is 0.250. The van der Waals surface area contributed by atoms with Crippen LogP contribution in [0.2, 0.25) is 0 Å². The maximum absolute atomic E-state index is 3.64. The molecule has 4 heteroatoms. The third-order valence-corrected chi connectivity index (χ3v) is 6.01. The standard InChI is InChI=1S/C16H15Br2NS/c1-10-6-13(17)16(14(18)7-10)19-8-11-9-20-15-5-3-2-4-12(11)15/h2-7,11,19H,8-9H2,1H3. The molecule has 2 aromatic rings. The second-order valence-corrected chi connectivity index (χ2v) is 7.80. The van der Waals surface area contributed by atoms with Gasteiger partial charge in [0, 0.05) is 32.1 Å². The van der Waals surface area contributed by atoms with Crippen molar-refractivity contribution in [1.29, 1.82) is 0 Å². The summed E-state index contributed by atoms with van der Waals surface area (Å²) in [5.74, 6) is 1.74. The molecule has 0 aliphatic carbocycles. The van der Waals surface area contributed by atoms with Gasteiger partial charge in [0.15, 0.2) is 0 Å². The monoisotopic (exact) mass is 411 g/mol. The molecule has 20 heavy (non-hydrogen) atoms. The van der Waals surface area contributed by atoms with E-state index in [0.29, 0.717) is 5.92 Å². The summed E-state index contributed by atoms with van der Waals surface area (Å²) in [5.41, 5.74) is 3.87. The molecule has 104 valence electrons. The highest BCUT2D eigenvalue weighted by Crippen LogP contribution is 2.40. The minimum absolute atomic E-state index is 0.580. The van der Waals surface area contributed by atoms with Crippen LogP contribution in [0.1, 0.15) is 17.0 Å². The summed E-state index contributed by atoms with van der Waals surface area (Å²) in [6.45, 7) is 3.06. The van der Waals surface area contributed by atoms with Crippen LogP contribution in [0, 0.1) is 6.92 Å². The third kappa shape index (κ3) is 2.92. The van der Waals surface area contributed by atoms with Crippen LogP contribution < -0.4 is 5.32 Å². The number of hydrogen-bond acceptors (Lipinski definition) is 2. The zero-order valence-corrected chi connectivity index (χ0v) is 15.1. The van der Waals surface area contributed by atoms with Crippen molar-refractivity contribution in [1.82, 2.24) is 0 Å². The van der Waals surface area contributed by atoms with E-state index in [4.69, 9.17) is 0 Å². The van der Waals surface area contributed by atoms with Crippen LogP contribution in [0.25, 0.3) is 0 Å². The summed E-state index contributed by atoms with van der Waals surface area (Å²) in [4.78, 5) is 1.43. The molecule has 1 nitrogen and oxygen atoms in total. The van der Waals surface area contributed by atoms with E-state index < -0.39 is 0 Å². The molecule has 0 radical (unpaired) electrons. The van der Waals surface area contributed by atoms with E-state index in [1.807, 2.05) is 11.8 Å². The highest BCUT2D eigenvalue weighted by atomic mass is 79.9. The van der Waals surface area contributed by atoms with Gasteiger partial charge < -0.3 is 5.32 Å². The van der Waals surface area contributed by atoms with Gasteiger partial charge in [0.05, 0.1) is 5.69 Å². The second-order valence-electron chi connectivity index (χ2n) is 5.03. The normalized spacial score (nSPS) is 17.1. The van der Waals surface area contributed by atoms with Crippen LogP contribution in [0.5, 0.6) is 0 Å². The predicted octanol–water partition coefficient (Wildman–Crippen LogP) is 5.82. The Bertz CT molecular complexity index is 619. The van der Waals surface area contributed by atoms with Gasteiger partial charge >= 0.3 is 0 Å². The molecule has 0 aromatic heterocycles. The van der Waals surface area contributed by atoms with Crippen LogP contribution >= 0.6 is 43.6 Å². The number of fused-ring (bicyclic) bond motifs is 1. The van der Waals surface area contributed by atoms with Crippen molar-refractivity contribution in [3.8, 4) is 0 Å². The maximum atomic E-state index is 3.64. The SMILES string of the molecule is Cc1cc(Br)c(NCC2CSc3ccccc32)c(Br)c1. The van der Waals surface area contributed by atoms with Gasteiger partial charge in [0.2, 0.25) is 0 Å². The number of thioether (sulfide) groups is 1. The van der Waals surface area contributed by atoms with Crippen molar-refractivity contribution in [2.24, 2.45) is 0 Å².